The second-order valence-electron chi connectivity index (χ2n) is 5.66. The molecule has 2 fully saturated rings. The highest BCUT2D eigenvalue weighted by molar-refractivity contribution is 5.81. The first-order valence-corrected chi connectivity index (χ1v) is 7.82. The lowest BCUT2D eigenvalue weighted by Crippen LogP contribution is -2.51. The average Bonchev–Trinajstić information content (AvgIpc) is 2.61. The van der Waals surface area contributed by atoms with Crippen molar-refractivity contribution >= 4 is 11.9 Å². The molecule has 120 valence electrons. The third-order valence-electron chi connectivity index (χ3n) is 4.10. The van der Waals surface area contributed by atoms with E-state index in [0.717, 1.165) is 26.1 Å². The van der Waals surface area contributed by atoms with Crippen LogP contribution in [0.2, 0.25) is 0 Å². The monoisotopic (exact) mass is 306 g/mol. The highest BCUT2D eigenvalue weighted by atomic mass is 16.5. The van der Waals surface area contributed by atoms with Gasteiger partial charge in [-0.1, -0.05) is 0 Å². The Balaban J connectivity index is 1.49. The first-order chi connectivity index (χ1) is 10.8. The van der Waals surface area contributed by atoms with Crippen molar-refractivity contribution in [3.05, 3.63) is 18.5 Å². The van der Waals surface area contributed by atoms with Crippen LogP contribution < -0.4 is 10.2 Å². The fourth-order valence-corrected chi connectivity index (χ4v) is 2.75. The number of morpholine rings is 1. The van der Waals surface area contributed by atoms with Crippen LogP contribution in [0, 0.1) is 5.92 Å². The van der Waals surface area contributed by atoms with Crippen molar-refractivity contribution in [2.45, 2.75) is 18.9 Å². The summed E-state index contributed by atoms with van der Waals surface area (Å²) in [5, 5.41) is 3.01. The fraction of sp³-hybridized carbons (Fsp3) is 0.667. The van der Waals surface area contributed by atoms with Crippen LogP contribution >= 0.6 is 0 Å². The number of anilines is 1. The van der Waals surface area contributed by atoms with Crippen molar-refractivity contribution in [3.8, 4) is 0 Å². The molecule has 0 radical (unpaired) electrons. The Kier molecular flexibility index (Phi) is 5.18. The number of hydrogen-bond acceptors (Lipinski definition) is 6. The van der Waals surface area contributed by atoms with E-state index in [1.54, 1.807) is 18.5 Å². The minimum Gasteiger partial charge on any atom is -0.381 e. The standard InChI is InChI=1S/C15H22N4O3/c20-14(18-10-12-2-7-21-8-3-12)13-11-19(6-9-22-13)15-16-4-1-5-17-15/h1,4-5,12-13H,2-3,6-11H2,(H,18,20). The number of ether oxygens (including phenoxy) is 2. The van der Waals surface area contributed by atoms with Gasteiger partial charge in [-0.3, -0.25) is 4.79 Å². The van der Waals surface area contributed by atoms with Crippen molar-refractivity contribution < 1.29 is 14.3 Å². The molecule has 0 spiro atoms. The van der Waals surface area contributed by atoms with Gasteiger partial charge >= 0.3 is 0 Å². The molecule has 22 heavy (non-hydrogen) atoms. The van der Waals surface area contributed by atoms with E-state index in [1.165, 1.54) is 0 Å². The molecule has 0 bridgehead atoms. The third kappa shape index (κ3) is 3.92. The van der Waals surface area contributed by atoms with E-state index in [-0.39, 0.29) is 5.91 Å². The van der Waals surface area contributed by atoms with Gasteiger partial charge in [0.05, 0.1) is 13.2 Å². The molecular formula is C15H22N4O3. The van der Waals surface area contributed by atoms with Crippen molar-refractivity contribution in [2.24, 2.45) is 5.92 Å². The van der Waals surface area contributed by atoms with E-state index in [0.29, 0.717) is 38.1 Å². The number of nitrogens with one attached hydrogen (secondary N) is 1. The zero-order valence-electron chi connectivity index (χ0n) is 12.6. The molecule has 0 aromatic carbocycles. The van der Waals surface area contributed by atoms with E-state index in [4.69, 9.17) is 9.47 Å². The maximum Gasteiger partial charge on any atom is 0.250 e. The van der Waals surface area contributed by atoms with Crippen molar-refractivity contribution in [1.82, 2.24) is 15.3 Å². The minimum absolute atomic E-state index is 0.0490. The van der Waals surface area contributed by atoms with E-state index in [2.05, 4.69) is 15.3 Å². The zero-order valence-corrected chi connectivity index (χ0v) is 12.6. The first-order valence-electron chi connectivity index (χ1n) is 7.82. The smallest absolute Gasteiger partial charge is 0.250 e. The second-order valence-corrected chi connectivity index (χ2v) is 5.66. The molecule has 1 N–H and O–H groups in total. The largest absolute Gasteiger partial charge is 0.381 e. The Bertz CT molecular complexity index is 479. The summed E-state index contributed by atoms with van der Waals surface area (Å²) in [6.07, 6.45) is 4.97. The van der Waals surface area contributed by atoms with Gasteiger partial charge in [0, 0.05) is 38.7 Å². The lowest BCUT2D eigenvalue weighted by atomic mass is 10.0. The highest BCUT2D eigenvalue weighted by Crippen LogP contribution is 2.15. The summed E-state index contributed by atoms with van der Waals surface area (Å²) >= 11 is 0. The van der Waals surface area contributed by atoms with Crippen LogP contribution in [0.3, 0.4) is 0 Å². The number of rotatable bonds is 4. The lowest BCUT2D eigenvalue weighted by Gasteiger charge is -2.32. The molecule has 7 heteroatoms. The maximum absolute atomic E-state index is 12.3. The van der Waals surface area contributed by atoms with Crippen LogP contribution in [-0.2, 0) is 14.3 Å². The van der Waals surface area contributed by atoms with Crippen LogP contribution in [0.1, 0.15) is 12.8 Å². The van der Waals surface area contributed by atoms with Gasteiger partial charge in [-0.25, -0.2) is 9.97 Å². The van der Waals surface area contributed by atoms with Gasteiger partial charge in [-0.15, -0.1) is 0 Å². The Hall–Kier alpha value is -1.73. The quantitative estimate of drug-likeness (QED) is 0.858. The van der Waals surface area contributed by atoms with E-state index in [9.17, 15) is 4.79 Å². The maximum atomic E-state index is 12.3. The Morgan fingerprint density at radius 2 is 2.05 bits per heavy atom. The molecule has 3 heterocycles. The number of aromatic nitrogens is 2. The molecule has 2 aliphatic rings. The molecule has 7 nitrogen and oxygen atoms in total. The van der Waals surface area contributed by atoms with Crippen LogP contribution in [0.15, 0.2) is 18.5 Å². The molecule has 1 amide bonds. The van der Waals surface area contributed by atoms with E-state index in [1.807, 2.05) is 4.90 Å². The fourth-order valence-electron chi connectivity index (χ4n) is 2.75. The molecule has 1 aromatic rings. The highest BCUT2D eigenvalue weighted by Gasteiger charge is 2.28. The zero-order chi connectivity index (χ0) is 15.2. The van der Waals surface area contributed by atoms with Crippen LogP contribution in [0.25, 0.3) is 0 Å². The van der Waals surface area contributed by atoms with Crippen LogP contribution in [-0.4, -0.2) is 61.4 Å². The summed E-state index contributed by atoms with van der Waals surface area (Å²) in [5.74, 6) is 1.11. The number of carbonyl (C=O) groups excluding carboxylic acids is 1. The molecule has 2 saturated heterocycles. The summed E-state index contributed by atoms with van der Waals surface area (Å²) in [6, 6.07) is 1.78. The topological polar surface area (TPSA) is 76.6 Å². The molecule has 1 unspecified atom stereocenters. The minimum atomic E-state index is -0.461. The summed E-state index contributed by atoms with van der Waals surface area (Å²) < 4.78 is 10.9. The number of carbonyl (C=O) groups is 1. The van der Waals surface area contributed by atoms with Gasteiger partial charge < -0.3 is 19.7 Å². The van der Waals surface area contributed by atoms with Crippen LogP contribution in [0.5, 0.6) is 0 Å². The Morgan fingerprint density at radius 1 is 1.27 bits per heavy atom. The normalized spacial score (nSPS) is 23.3. The molecular weight excluding hydrogens is 284 g/mol. The van der Waals surface area contributed by atoms with Gasteiger partial charge in [-0.05, 0) is 24.8 Å². The van der Waals surface area contributed by atoms with Crippen molar-refractivity contribution in [2.75, 3.05) is 44.4 Å². The first kappa shape index (κ1) is 15.2. The summed E-state index contributed by atoms with van der Waals surface area (Å²) in [5.41, 5.74) is 0. The summed E-state index contributed by atoms with van der Waals surface area (Å²) in [6.45, 7) is 3.98. The molecule has 0 aliphatic carbocycles. The van der Waals surface area contributed by atoms with Gasteiger partial charge in [-0.2, -0.15) is 0 Å². The SMILES string of the molecule is O=C(NCC1CCOCC1)C1CN(c2ncccn2)CCO1. The Labute approximate surface area is 130 Å². The average molecular weight is 306 g/mol. The number of hydrogen-bond donors (Lipinski definition) is 1. The number of nitrogens with zero attached hydrogens (tertiary/aromatic N) is 3. The van der Waals surface area contributed by atoms with Gasteiger partial charge in [0.1, 0.15) is 0 Å². The summed E-state index contributed by atoms with van der Waals surface area (Å²) in [7, 11) is 0. The molecule has 1 atom stereocenters. The van der Waals surface area contributed by atoms with E-state index >= 15 is 0 Å². The lowest BCUT2D eigenvalue weighted by molar-refractivity contribution is -0.133. The van der Waals surface area contributed by atoms with Gasteiger partial charge in [0.15, 0.2) is 6.10 Å². The van der Waals surface area contributed by atoms with E-state index < -0.39 is 6.10 Å². The van der Waals surface area contributed by atoms with Gasteiger partial charge in [0.25, 0.3) is 5.91 Å². The summed E-state index contributed by atoms with van der Waals surface area (Å²) in [4.78, 5) is 22.7. The predicted octanol–water partition coefficient (Wildman–Crippen LogP) is 0.225. The molecule has 2 aliphatic heterocycles. The van der Waals surface area contributed by atoms with Crippen LogP contribution in [0.4, 0.5) is 5.95 Å². The number of amides is 1. The predicted molar refractivity (Wildman–Crippen MR) is 80.5 cm³/mol. The Morgan fingerprint density at radius 3 is 2.82 bits per heavy atom. The van der Waals surface area contributed by atoms with Crippen molar-refractivity contribution in [3.63, 3.8) is 0 Å². The second kappa shape index (κ2) is 7.51. The molecule has 0 saturated carbocycles. The molecule has 3 rings (SSSR count). The third-order valence-corrected chi connectivity index (χ3v) is 4.10. The van der Waals surface area contributed by atoms with Gasteiger partial charge in [0.2, 0.25) is 5.95 Å². The van der Waals surface area contributed by atoms with Crippen molar-refractivity contribution in [1.29, 1.82) is 0 Å². The molecule has 1 aromatic heterocycles.